The monoisotopic (exact) mass is 215 g/mol. The first-order valence-electron chi connectivity index (χ1n) is 5.12. The summed E-state index contributed by atoms with van der Waals surface area (Å²) in [6, 6.07) is 0. The van der Waals surface area contributed by atoms with Crippen molar-refractivity contribution in [1.82, 2.24) is 5.32 Å². The zero-order valence-electron chi connectivity index (χ0n) is 9.12. The van der Waals surface area contributed by atoms with Crippen molar-refractivity contribution in [2.24, 2.45) is 5.92 Å². The van der Waals surface area contributed by atoms with Crippen molar-refractivity contribution in [1.29, 1.82) is 0 Å². The molecule has 1 aliphatic rings. The first kappa shape index (κ1) is 12.0. The third-order valence-electron chi connectivity index (χ3n) is 2.24. The van der Waals surface area contributed by atoms with Gasteiger partial charge in [-0.05, 0) is 25.7 Å². The molecule has 5 nitrogen and oxygen atoms in total. The third-order valence-corrected chi connectivity index (χ3v) is 2.24. The van der Waals surface area contributed by atoms with Gasteiger partial charge < -0.3 is 14.8 Å². The minimum atomic E-state index is -0.588. The van der Waals surface area contributed by atoms with Crippen molar-refractivity contribution < 1.29 is 19.1 Å². The Hall–Kier alpha value is -1.10. The molecule has 1 unspecified atom stereocenters. The second-order valence-corrected chi connectivity index (χ2v) is 3.70. The third kappa shape index (κ3) is 4.78. The fourth-order valence-corrected chi connectivity index (χ4v) is 0.959. The van der Waals surface area contributed by atoms with Crippen molar-refractivity contribution in [2.75, 3.05) is 20.3 Å². The molecule has 0 saturated heterocycles. The number of esters is 1. The Bertz CT molecular complexity index is 238. The van der Waals surface area contributed by atoms with E-state index in [0.717, 1.165) is 0 Å². The van der Waals surface area contributed by atoms with E-state index in [0.29, 0.717) is 12.5 Å². The van der Waals surface area contributed by atoms with Crippen LogP contribution in [0, 0.1) is 5.92 Å². The maximum absolute atomic E-state index is 11.3. The molecular weight excluding hydrogens is 198 g/mol. The standard InChI is InChI=1S/C10H17NO4/c1-7(14-5-8-3-4-8)10(13)15-6-9(12)11-2/h7-8H,3-6H2,1-2H3,(H,11,12). The van der Waals surface area contributed by atoms with Crippen LogP contribution in [0.15, 0.2) is 0 Å². The Balaban J connectivity index is 2.10. The summed E-state index contributed by atoms with van der Waals surface area (Å²) in [5.41, 5.74) is 0. The lowest BCUT2D eigenvalue weighted by Gasteiger charge is -2.11. The van der Waals surface area contributed by atoms with E-state index in [1.54, 1.807) is 6.92 Å². The summed E-state index contributed by atoms with van der Waals surface area (Å²) in [7, 11) is 1.49. The quantitative estimate of drug-likeness (QED) is 0.638. The predicted octanol–water partition coefficient (Wildman–Crippen LogP) is 0.0907. The van der Waals surface area contributed by atoms with E-state index < -0.39 is 12.1 Å². The molecule has 0 radical (unpaired) electrons. The SMILES string of the molecule is CNC(=O)COC(=O)C(C)OCC1CC1. The highest BCUT2D eigenvalue weighted by Gasteiger charge is 2.24. The van der Waals surface area contributed by atoms with Crippen LogP contribution in [-0.2, 0) is 19.1 Å². The van der Waals surface area contributed by atoms with Gasteiger partial charge in [0, 0.05) is 7.05 Å². The Morgan fingerprint density at radius 3 is 2.67 bits per heavy atom. The van der Waals surface area contributed by atoms with E-state index in [1.165, 1.54) is 19.9 Å². The fraction of sp³-hybridized carbons (Fsp3) is 0.800. The molecule has 0 aromatic rings. The highest BCUT2D eigenvalue weighted by atomic mass is 16.6. The number of hydrogen-bond donors (Lipinski definition) is 1. The number of rotatable bonds is 6. The molecule has 1 N–H and O–H groups in total. The molecule has 15 heavy (non-hydrogen) atoms. The summed E-state index contributed by atoms with van der Waals surface area (Å²) in [6.07, 6.45) is 1.77. The van der Waals surface area contributed by atoms with Gasteiger partial charge in [0.15, 0.2) is 12.7 Å². The Morgan fingerprint density at radius 1 is 1.47 bits per heavy atom. The molecule has 0 aromatic carbocycles. The maximum atomic E-state index is 11.3. The van der Waals surface area contributed by atoms with Gasteiger partial charge in [0.2, 0.25) is 0 Å². The van der Waals surface area contributed by atoms with E-state index >= 15 is 0 Å². The van der Waals surface area contributed by atoms with Crippen molar-refractivity contribution in [3.8, 4) is 0 Å². The summed E-state index contributed by atoms with van der Waals surface area (Å²) < 4.78 is 10.0. The predicted molar refractivity (Wildman–Crippen MR) is 53.2 cm³/mol. The van der Waals surface area contributed by atoms with E-state index in [9.17, 15) is 9.59 Å². The molecule has 1 rings (SSSR count). The molecule has 1 amide bonds. The number of ether oxygens (including phenoxy) is 2. The second kappa shape index (κ2) is 5.70. The molecule has 0 spiro atoms. The maximum Gasteiger partial charge on any atom is 0.335 e. The molecule has 1 atom stereocenters. The van der Waals surface area contributed by atoms with Crippen LogP contribution in [0.1, 0.15) is 19.8 Å². The first-order chi connectivity index (χ1) is 7.13. The van der Waals surface area contributed by atoms with Gasteiger partial charge in [-0.3, -0.25) is 4.79 Å². The topological polar surface area (TPSA) is 64.6 Å². The number of amides is 1. The van der Waals surface area contributed by atoms with Gasteiger partial charge in [-0.1, -0.05) is 0 Å². The molecule has 1 aliphatic carbocycles. The van der Waals surface area contributed by atoms with Gasteiger partial charge >= 0.3 is 5.97 Å². The van der Waals surface area contributed by atoms with Crippen molar-refractivity contribution in [3.05, 3.63) is 0 Å². The smallest absolute Gasteiger partial charge is 0.335 e. The van der Waals surface area contributed by atoms with Crippen LogP contribution in [0.3, 0.4) is 0 Å². The Morgan fingerprint density at radius 2 is 2.13 bits per heavy atom. The molecule has 1 saturated carbocycles. The lowest BCUT2D eigenvalue weighted by atomic mass is 10.4. The van der Waals surface area contributed by atoms with Crippen molar-refractivity contribution in [2.45, 2.75) is 25.9 Å². The van der Waals surface area contributed by atoms with E-state index in [1.807, 2.05) is 0 Å². The van der Waals surface area contributed by atoms with Gasteiger partial charge in [-0.15, -0.1) is 0 Å². The van der Waals surface area contributed by atoms with E-state index in [4.69, 9.17) is 9.47 Å². The molecule has 0 aromatic heterocycles. The van der Waals surface area contributed by atoms with Gasteiger partial charge in [0.1, 0.15) is 0 Å². The lowest BCUT2D eigenvalue weighted by Crippen LogP contribution is -2.30. The molecule has 86 valence electrons. The average molecular weight is 215 g/mol. The highest BCUT2D eigenvalue weighted by Crippen LogP contribution is 2.29. The van der Waals surface area contributed by atoms with Crippen LogP contribution >= 0.6 is 0 Å². The van der Waals surface area contributed by atoms with Crippen LogP contribution < -0.4 is 5.32 Å². The lowest BCUT2D eigenvalue weighted by molar-refractivity contribution is -0.159. The van der Waals surface area contributed by atoms with E-state index in [2.05, 4.69) is 5.32 Å². The molecule has 1 fully saturated rings. The van der Waals surface area contributed by atoms with Gasteiger partial charge in [0.05, 0.1) is 6.61 Å². The molecule has 0 aliphatic heterocycles. The van der Waals surface area contributed by atoms with Gasteiger partial charge in [-0.25, -0.2) is 4.79 Å². The fourth-order valence-electron chi connectivity index (χ4n) is 0.959. The van der Waals surface area contributed by atoms with Gasteiger partial charge in [0.25, 0.3) is 5.91 Å². The normalized spacial score (nSPS) is 16.9. The van der Waals surface area contributed by atoms with Crippen LogP contribution in [0.2, 0.25) is 0 Å². The number of nitrogens with one attached hydrogen (secondary N) is 1. The number of hydrogen-bond acceptors (Lipinski definition) is 4. The Kier molecular flexibility index (Phi) is 4.55. The van der Waals surface area contributed by atoms with E-state index in [-0.39, 0.29) is 12.5 Å². The Labute approximate surface area is 89.1 Å². The first-order valence-corrected chi connectivity index (χ1v) is 5.12. The van der Waals surface area contributed by atoms with Crippen molar-refractivity contribution in [3.63, 3.8) is 0 Å². The summed E-state index contributed by atoms with van der Waals surface area (Å²) in [5, 5.41) is 2.36. The van der Waals surface area contributed by atoms with Crippen LogP contribution in [0.25, 0.3) is 0 Å². The van der Waals surface area contributed by atoms with Gasteiger partial charge in [-0.2, -0.15) is 0 Å². The largest absolute Gasteiger partial charge is 0.454 e. The zero-order chi connectivity index (χ0) is 11.3. The number of carbonyl (C=O) groups excluding carboxylic acids is 2. The van der Waals surface area contributed by atoms with Crippen molar-refractivity contribution >= 4 is 11.9 Å². The van der Waals surface area contributed by atoms with Crippen LogP contribution in [-0.4, -0.2) is 38.2 Å². The minimum Gasteiger partial charge on any atom is -0.454 e. The number of likely N-dealkylation sites (N-methyl/N-ethyl adjacent to an activating group) is 1. The molecule has 0 bridgehead atoms. The zero-order valence-corrected chi connectivity index (χ0v) is 9.12. The number of carbonyl (C=O) groups is 2. The summed E-state index contributed by atoms with van der Waals surface area (Å²) in [4.78, 5) is 22.1. The minimum absolute atomic E-state index is 0.244. The summed E-state index contributed by atoms with van der Waals surface area (Å²) in [5.74, 6) is -0.198. The summed E-state index contributed by atoms with van der Waals surface area (Å²) in [6.45, 7) is 2.00. The molecule has 5 heteroatoms. The van der Waals surface area contributed by atoms with Crippen LogP contribution in [0.5, 0.6) is 0 Å². The summed E-state index contributed by atoms with van der Waals surface area (Å²) >= 11 is 0. The van der Waals surface area contributed by atoms with Crippen LogP contribution in [0.4, 0.5) is 0 Å². The molecular formula is C10H17NO4. The molecule has 0 heterocycles. The average Bonchev–Trinajstić information content (AvgIpc) is 3.05. The second-order valence-electron chi connectivity index (χ2n) is 3.70. The highest BCUT2D eigenvalue weighted by molar-refractivity contribution is 5.81.